The van der Waals surface area contributed by atoms with Crippen molar-refractivity contribution >= 4 is 17.6 Å². The summed E-state index contributed by atoms with van der Waals surface area (Å²) in [7, 11) is 0. The van der Waals surface area contributed by atoms with Gasteiger partial charge in [0.15, 0.2) is 0 Å². The van der Waals surface area contributed by atoms with Crippen molar-refractivity contribution in [2.75, 3.05) is 0 Å². The van der Waals surface area contributed by atoms with E-state index in [1.54, 1.807) is 19.1 Å². The number of hydrogen-bond donors (Lipinski definition) is 1. The van der Waals surface area contributed by atoms with Crippen LogP contribution in [0.15, 0.2) is 24.3 Å². The molecule has 0 amide bonds. The fourth-order valence-electron chi connectivity index (χ4n) is 1.10. The minimum absolute atomic E-state index is 0.363. The molecule has 13 heavy (non-hydrogen) atoms. The molecule has 0 spiro atoms. The number of carboxylic acids is 1. The van der Waals surface area contributed by atoms with Gasteiger partial charge in [-0.3, -0.25) is 4.79 Å². The molecule has 1 atom stereocenters. The highest BCUT2D eigenvalue weighted by molar-refractivity contribution is 6.30. The third kappa shape index (κ3) is 3.07. The maximum atomic E-state index is 10.6. The number of carboxylic acid groups (broad SMARTS) is 1. The summed E-state index contributed by atoms with van der Waals surface area (Å²) >= 11 is 5.76. The summed E-state index contributed by atoms with van der Waals surface area (Å²) in [6.45, 7) is 1.68. The molecule has 1 aromatic carbocycles. The molecule has 1 aromatic rings. The van der Waals surface area contributed by atoms with Crippen molar-refractivity contribution in [2.24, 2.45) is 5.92 Å². The number of hydrogen-bond acceptors (Lipinski definition) is 1. The van der Waals surface area contributed by atoms with Gasteiger partial charge in [-0.2, -0.15) is 0 Å². The second-order valence-electron chi connectivity index (χ2n) is 3.07. The Morgan fingerprint density at radius 1 is 1.62 bits per heavy atom. The zero-order valence-electron chi connectivity index (χ0n) is 7.33. The fourth-order valence-corrected chi connectivity index (χ4v) is 1.32. The molecule has 3 heteroatoms. The molecule has 0 heterocycles. The molecular weight excluding hydrogens is 188 g/mol. The van der Waals surface area contributed by atoms with Crippen molar-refractivity contribution in [2.45, 2.75) is 13.3 Å². The second-order valence-corrected chi connectivity index (χ2v) is 3.51. The summed E-state index contributed by atoms with van der Waals surface area (Å²) in [4.78, 5) is 10.6. The van der Waals surface area contributed by atoms with Crippen LogP contribution in [0.1, 0.15) is 12.5 Å². The molecule has 0 bridgehead atoms. The maximum Gasteiger partial charge on any atom is 0.306 e. The van der Waals surface area contributed by atoms with E-state index in [-0.39, 0.29) is 5.92 Å². The molecule has 70 valence electrons. The summed E-state index contributed by atoms with van der Waals surface area (Å²) in [6.07, 6.45) is 0.524. The average Bonchev–Trinajstić information content (AvgIpc) is 2.04. The summed E-state index contributed by atoms with van der Waals surface area (Å²) in [5.74, 6) is -1.14. The highest BCUT2D eigenvalue weighted by atomic mass is 35.5. The number of carbonyl (C=O) groups is 1. The number of benzene rings is 1. The Labute approximate surface area is 82.2 Å². The normalized spacial score (nSPS) is 12.5. The first kappa shape index (κ1) is 10.1. The van der Waals surface area contributed by atoms with Gasteiger partial charge in [-0.15, -0.1) is 0 Å². The lowest BCUT2D eigenvalue weighted by atomic mass is 10.0. The van der Waals surface area contributed by atoms with Gasteiger partial charge >= 0.3 is 5.97 Å². The first-order chi connectivity index (χ1) is 6.09. The lowest BCUT2D eigenvalue weighted by Gasteiger charge is -2.05. The van der Waals surface area contributed by atoms with Crippen LogP contribution in [0.4, 0.5) is 0 Å². The Kier molecular flexibility index (Phi) is 3.32. The first-order valence-electron chi connectivity index (χ1n) is 4.07. The summed E-state index contributed by atoms with van der Waals surface area (Å²) in [5, 5.41) is 9.33. The fraction of sp³-hybridized carbons (Fsp3) is 0.300. The summed E-state index contributed by atoms with van der Waals surface area (Å²) < 4.78 is 0. The van der Waals surface area contributed by atoms with Gasteiger partial charge in [0.25, 0.3) is 0 Å². The van der Waals surface area contributed by atoms with E-state index in [1.165, 1.54) is 0 Å². The van der Waals surface area contributed by atoms with Crippen LogP contribution < -0.4 is 0 Å². The lowest BCUT2D eigenvalue weighted by Crippen LogP contribution is -2.12. The molecular formula is C10H11ClO2. The van der Waals surface area contributed by atoms with Gasteiger partial charge in [0.05, 0.1) is 5.92 Å². The zero-order chi connectivity index (χ0) is 9.84. The third-order valence-electron chi connectivity index (χ3n) is 1.85. The smallest absolute Gasteiger partial charge is 0.306 e. The number of rotatable bonds is 3. The van der Waals surface area contributed by atoms with E-state index in [4.69, 9.17) is 16.7 Å². The van der Waals surface area contributed by atoms with Crippen LogP contribution in [0.5, 0.6) is 0 Å². The van der Waals surface area contributed by atoms with Crippen LogP contribution in [0.3, 0.4) is 0 Å². The van der Waals surface area contributed by atoms with Gasteiger partial charge in [-0.1, -0.05) is 30.7 Å². The van der Waals surface area contributed by atoms with E-state index < -0.39 is 5.97 Å². The van der Waals surface area contributed by atoms with Crippen molar-refractivity contribution < 1.29 is 9.90 Å². The van der Waals surface area contributed by atoms with E-state index in [1.807, 2.05) is 12.1 Å². The number of halogens is 1. The van der Waals surface area contributed by atoms with E-state index in [2.05, 4.69) is 0 Å². The van der Waals surface area contributed by atoms with Gasteiger partial charge in [-0.05, 0) is 24.1 Å². The molecule has 1 rings (SSSR count). The largest absolute Gasteiger partial charge is 0.481 e. The summed E-state index contributed by atoms with van der Waals surface area (Å²) in [6, 6.07) is 7.27. The zero-order valence-corrected chi connectivity index (χ0v) is 8.08. The van der Waals surface area contributed by atoms with Crippen LogP contribution >= 0.6 is 11.6 Å². The quantitative estimate of drug-likeness (QED) is 0.811. The third-order valence-corrected chi connectivity index (χ3v) is 2.09. The monoisotopic (exact) mass is 198 g/mol. The van der Waals surface area contributed by atoms with E-state index in [0.29, 0.717) is 11.4 Å². The van der Waals surface area contributed by atoms with Gasteiger partial charge in [0.2, 0.25) is 0 Å². The van der Waals surface area contributed by atoms with Crippen LogP contribution in [0.2, 0.25) is 5.02 Å². The minimum atomic E-state index is -0.778. The van der Waals surface area contributed by atoms with Crippen molar-refractivity contribution in [1.29, 1.82) is 0 Å². The molecule has 0 aliphatic carbocycles. The molecule has 0 aromatic heterocycles. The number of aliphatic carboxylic acids is 1. The molecule has 0 saturated carbocycles. The highest BCUT2D eigenvalue weighted by Crippen LogP contribution is 2.14. The Morgan fingerprint density at radius 3 is 2.85 bits per heavy atom. The Bertz CT molecular complexity index is 310. The van der Waals surface area contributed by atoms with E-state index >= 15 is 0 Å². The Hall–Kier alpha value is -1.02. The van der Waals surface area contributed by atoms with Crippen LogP contribution in [-0.4, -0.2) is 11.1 Å². The minimum Gasteiger partial charge on any atom is -0.481 e. The Balaban J connectivity index is 2.69. The van der Waals surface area contributed by atoms with Gasteiger partial charge in [0.1, 0.15) is 0 Å². The van der Waals surface area contributed by atoms with Gasteiger partial charge in [0, 0.05) is 5.02 Å². The van der Waals surface area contributed by atoms with Crippen LogP contribution in [0, 0.1) is 5.92 Å². The standard InChI is InChI=1S/C10H11ClO2/c1-7(10(12)13)5-8-3-2-4-9(11)6-8/h2-4,6-7H,5H2,1H3,(H,12,13). The van der Waals surface area contributed by atoms with Crippen molar-refractivity contribution in [3.8, 4) is 0 Å². The highest BCUT2D eigenvalue weighted by Gasteiger charge is 2.11. The Morgan fingerprint density at radius 2 is 2.31 bits per heavy atom. The van der Waals surface area contributed by atoms with Crippen LogP contribution in [-0.2, 0) is 11.2 Å². The molecule has 0 fully saturated rings. The SMILES string of the molecule is CC(Cc1cccc(Cl)c1)C(=O)O. The molecule has 0 saturated heterocycles. The topological polar surface area (TPSA) is 37.3 Å². The van der Waals surface area contributed by atoms with Crippen molar-refractivity contribution in [3.05, 3.63) is 34.9 Å². The van der Waals surface area contributed by atoms with Gasteiger partial charge < -0.3 is 5.11 Å². The van der Waals surface area contributed by atoms with Crippen molar-refractivity contribution in [1.82, 2.24) is 0 Å². The predicted octanol–water partition coefficient (Wildman–Crippen LogP) is 2.60. The molecule has 1 N–H and O–H groups in total. The van der Waals surface area contributed by atoms with Gasteiger partial charge in [-0.25, -0.2) is 0 Å². The van der Waals surface area contributed by atoms with E-state index in [9.17, 15) is 4.79 Å². The predicted molar refractivity (Wildman–Crippen MR) is 52.0 cm³/mol. The van der Waals surface area contributed by atoms with Crippen LogP contribution in [0.25, 0.3) is 0 Å². The maximum absolute atomic E-state index is 10.6. The second kappa shape index (κ2) is 4.28. The average molecular weight is 199 g/mol. The molecule has 0 aliphatic rings. The summed E-state index contributed by atoms with van der Waals surface area (Å²) in [5.41, 5.74) is 0.961. The molecule has 0 aliphatic heterocycles. The first-order valence-corrected chi connectivity index (χ1v) is 4.44. The lowest BCUT2D eigenvalue weighted by molar-refractivity contribution is -0.141. The molecule has 0 radical (unpaired) electrons. The molecule has 2 nitrogen and oxygen atoms in total. The molecule has 1 unspecified atom stereocenters. The van der Waals surface area contributed by atoms with E-state index in [0.717, 1.165) is 5.56 Å². The van der Waals surface area contributed by atoms with Crippen molar-refractivity contribution in [3.63, 3.8) is 0 Å².